The molecule has 2 aromatic carbocycles. The Balaban J connectivity index is 1.29. The van der Waals surface area contributed by atoms with E-state index in [-0.39, 0.29) is 70.3 Å². The summed E-state index contributed by atoms with van der Waals surface area (Å²) < 4.78 is 17.6. The van der Waals surface area contributed by atoms with Crippen LogP contribution in [0.1, 0.15) is 108 Å². The van der Waals surface area contributed by atoms with E-state index in [1.165, 1.54) is 43.7 Å². The van der Waals surface area contributed by atoms with E-state index in [1.807, 2.05) is 6.92 Å². The number of phenols is 2. The predicted octanol–water partition coefficient (Wildman–Crippen LogP) is 3.02. The second kappa shape index (κ2) is 15.6. The van der Waals surface area contributed by atoms with Crippen molar-refractivity contribution in [3.63, 3.8) is 0 Å². The second-order valence-electron chi connectivity index (χ2n) is 14.6. The fraction of sp³-hybridized carbons (Fsp3) is 0.475. The molecule has 14 heteroatoms. The molecule has 0 spiro atoms. The summed E-state index contributed by atoms with van der Waals surface area (Å²) in [6.45, 7) is 2.74. The molecule has 4 aliphatic rings. The van der Waals surface area contributed by atoms with Gasteiger partial charge in [-0.05, 0) is 43.9 Å². The van der Waals surface area contributed by atoms with Gasteiger partial charge in [0, 0.05) is 54.1 Å². The van der Waals surface area contributed by atoms with E-state index in [4.69, 9.17) is 14.2 Å². The lowest BCUT2D eigenvalue weighted by atomic mass is 9.71. The quantitative estimate of drug-likeness (QED) is 0.0891. The van der Waals surface area contributed by atoms with Gasteiger partial charge in [0.25, 0.3) is 0 Å². The molecule has 288 valence electrons. The van der Waals surface area contributed by atoms with Crippen molar-refractivity contribution in [3.8, 4) is 17.2 Å². The maximum Gasteiger partial charge on any atom is 0.223 e. The van der Waals surface area contributed by atoms with Crippen LogP contribution in [0.5, 0.6) is 17.2 Å². The Morgan fingerprint density at radius 3 is 2.37 bits per heavy atom. The summed E-state index contributed by atoms with van der Waals surface area (Å²) in [5.74, 6) is -4.46. The normalized spacial score (nSPS) is 26.8. The van der Waals surface area contributed by atoms with Crippen LogP contribution in [0.3, 0.4) is 0 Å². The molecule has 6 rings (SSSR count). The molecule has 2 aromatic rings. The monoisotopic (exact) mass is 747 g/mol. The lowest BCUT2D eigenvalue weighted by Crippen LogP contribution is -2.46. The molecule has 0 saturated carbocycles. The minimum Gasteiger partial charge on any atom is -0.507 e. The summed E-state index contributed by atoms with van der Waals surface area (Å²) in [6.07, 6.45) is 1.60. The van der Waals surface area contributed by atoms with Gasteiger partial charge in [0.15, 0.2) is 23.6 Å². The third-order valence-corrected chi connectivity index (χ3v) is 11.1. The SMILES string of the molecule is COc1cccc2c1C(=O)c1c(O)c3c(c(O)c1C2=O)C[C@](O)(C(=CNC(=O)CCCCCC1C(=O)C=CC1=O)CO)C[C@@H]3OC1CC(C)C(O)C(C)O1. The molecule has 4 unspecified atom stereocenters. The van der Waals surface area contributed by atoms with E-state index >= 15 is 0 Å². The Labute approximate surface area is 311 Å². The number of methoxy groups -OCH3 is 1. The lowest BCUT2D eigenvalue weighted by Gasteiger charge is -2.43. The number of nitrogens with one attached hydrogen (secondary N) is 1. The van der Waals surface area contributed by atoms with E-state index in [0.717, 1.165) is 0 Å². The maximum atomic E-state index is 14.0. The van der Waals surface area contributed by atoms with Crippen molar-refractivity contribution < 1.29 is 63.7 Å². The molecule has 3 aliphatic carbocycles. The topological polar surface area (TPSA) is 226 Å². The second-order valence-corrected chi connectivity index (χ2v) is 14.6. The zero-order valence-electron chi connectivity index (χ0n) is 30.3. The molecule has 0 aromatic heterocycles. The van der Waals surface area contributed by atoms with E-state index in [9.17, 15) is 49.5 Å². The smallest absolute Gasteiger partial charge is 0.223 e. The van der Waals surface area contributed by atoms with Crippen molar-refractivity contribution in [1.82, 2.24) is 5.32 Å². The third kappa shape index (κ3) is 7.11. The zero-order chi connectivity index (χ0) is 39.1. The highest BCUT2D eigenvalue weighted by Crippen LogP contribution is 2.53. The third-order valence-electron chi connectivity index (χ3n) is 11.1. The first kappa shape index (κ1) is 39.0. The zero-order valence-corrected chi connectivity index (χ0v) is 30.3. The first-order valence-electron chi connectivity index (χ1n) is 18.1. The van der Waals surface area contributed by atoms with E-state index < -0.39 is 89.2 Å². The maximum absolute atomic E-state index is 14.0. The first-order chi connectivity index (χ1) is 25.7. The molecule has 14 nitrogen and oxygen atoms in total. The van der Waals surface area contributed by atoms with Crippen molar-refractivity contribution in [2.24, 2.45) is 11.8 Å². The molecule has 0 radical (unpaired) electrons. The average molecular weight is 748 g/mol. The lowest BCUT2D eigenvalue weighted by molar-refractivity contribution is -0.254. The molecule has 1 heterocycles. The van der Waals surface area contributed by atoms with Crippen LogP contribution in [0.4, 0.5) is 0 Å². The summed E-state index contributed by atoms with van der Waals surface area (Å²) in [4.78, 5) is 64.3. The number of allylic oxidation sites excluding steroid dienone is 2. The minimum absolute atomic E-state index is 0.0475. The average Bonchev–Trinajstić information content (AvgIpc) is 3.46. The Kier molecular flexibility index (Phi) is 11.2. The van der Waals surface area contributed by atoms with Gasteiger partial charge in [0.2, 0.25) is 11.7 Å². The highest BCUT2D eigenvalue weighted by Gasteiger charge is 2.49. The molecule has 6 N–H and O–H groups in total. The molecular weight excluding hydrogens is 702 g/mol. The van der Waals surface area contributed by atoms with Crippen LogP contribution < -0.4 is 10.1 Å². The Morgan fingerprint density at radius 1 is 1.00 bits per heavy atom. The number of hydrogen-bond acceptors (Lipinski definition) is 13. The van der Waals surface area contributed by atoms with Gasteiger partial charge < -0.3 is 45.1 Å². The van der Waals surface area contributed by atoms with Gasteiger partial charge in [-0.2, -0.15) is 0 Å². The van der Waals surface area contributed by atoms with Crippen LogP contribution in [-0.4, -0.2) is 92.4 Å². The molecule has 1 aliphatic heterocycles. The van der Waals surface area contributed by atoms with Gasteiger partial charge in [0.05, 0.1) is 60.2 Å². The molecule has 1 amide bonds. The number of phenolic OH excluding ortho intramolecular Hbond substituents is 2. The number of aliphatic hydroxyl groups excluding tert-OH is 2. The Bertz CT molecular complexity index is 1920. The highest BCUT2D eigenvalue weighted by atomic mass is 16.7. The number of hydrogen-bond donors (Lipinski definition) is 6. The summed E-state index contributed by atoms with van der Waals surface area (Å²) >= 11 is 0. The fourth-order valence-corrected chi connectivity index (χ4v) is 8.03. The number of rotatable bonds is 12. The van der Waals surface area contributed by atoms with Gasteiger partial charge in [-0.3, -0.25) is 24.0 Å². The largest absolute Gasteiger partial charge is 0.507 e. The summed E-state index contributed by atoms with van der Waals surface area (Å²) in [6, 6.07) is 4.41. The molecule has 1 saturated heterocycles. The Hall–Kier alpha value is -4.73. The number of carbonyl (C=O) groups excluding carboxylic acids is 5. The number of fused-ring (bicyclic) bond motifs is 3. The van der Waals surface area contributed by atoms with Gasteiger partial charge in [-0.15, -0.1) is 0 Å². The molecule has 1 fully saturated rings. The number of carbonyl (C=O) groups is 5. The summed E-state index contributed by atoms with van der Waals surface area (Å²) in [5.41, 5.74) is -3.26. The van der Waals surface area contributed by atoms with E-state index in [2.05, 4.69) is 5.32 Å². The van der Waals surface area contributed by atoms with Crippen molar-refractivity contribution >= 4 is 29.0 Å². The number of ether oxygens (including phenoxy) is 3. The first-order valence-corrected chi connectivity index (χ1v) is 18.1. The number of unbranched alkanes of at least 4 members (excludes halogenated alkanes) is 2. The van der Waals surface area contributed by atoms with Crippen LogP contribution in [0, 0.1) is 11.8 Å². The predicted molar refractivity (Wildman–Crippen MR) is 190 cm³/mol. The Morgan fingerprint density at radius 2 is 1.70 bits per heavy atom. The van der Waals surface area contributed by atoms with E-state index in [0.29, 0.717) is 25.7 Å². The number of amides is 1. The van der Waals surface area contributed by atoms with Gasteiger partial charge in [-0.1, -0.05) is 31.9 Å². The van der Waals surface area contributed by atoms with Crippen molar-refractivity contribution in [1.29, 1.82) is 0 Å². The van der Waals surface area contributed by atoms with Crippen LogP contribution in [0.2, 0.25) is 0 Å². The van der Waals surface area contributed by atoms with Crippen LogP contribution in [0.25, 0.3) is 0 Å². The summed E-state index contributed by atoms with van der Waals surface area (Å²) in [7, 11) is 1.33. The van der Waals surface area contributed by atoms with Crippen molar-refractivity contribution in [2.75, 3.05) is 13.7 Å². The molecule has 54 heavy (non-hydrogen) atoms. The van der Waals surface area contributed by atoms with Crippen molar-refractivity contribution in [3.05, 3.63) is 75.5 Å². The highest BCUT2D eigenvalue weighted by molar-refractivity contribution is 6.31. The number of aliphatic hydroxyl groups is 3. The number of benzene rings is 2. The number of ketones is 4. The molecule has 0 bridgehead atoms. The van der Waals surface area contributed by atoms with Crippen LogP contribution in [0.15, 0.2) is 42.1 Å². The fourth-order valence-electron chi connectivity index (χ4n) is 8.03. The van der Waals surface area contributed by atoms with Crippen LogP contribution >= 0.6 is 0 Å². The van der Waals surface area contributed by atoms with Gasteiger partial charge in [-0.25, -0.2) is 0 Å². The minimum atomic E-state index is -2.01. The van der Waals surface area contributed by atoms with E-state index in [1.54, 1.807) is 6.92 Å². The number of aromatic hydroxyl groups is 2. The van der Waals surface area contributed by atoms with Gasteiger partial charge >= 0.3 is 0 Å². The van der Waals surface area contributed by atoms with Crippen molar-refractivity contribution in [2.45, 2.75) is 95.4 Å². The van der Waals surface area contributed by atoms with Gasteiger partial charge in [0.1, 0.15) is 17.2 Å². The standard InChI is InChI=1S/C40H45NO13/c1-19-14-30(53-20(2)35(19)46)54-28-16-40(51,21(18-42)17-41-29(45)11-6-4-5-8-22-25(43)12-13-26(22)44)15-24-32(28)39(50)34-33(37(24)48)36(47)23-9-7-10-27(52-3)31(23)38(34)49/h7,9-10,12-13,17,19-20,22,28,30,35,42,46,48,50-51H,4-6,8,11,14-16,18H2,1-3H3,(H,41,45)/t19?,20?,28-,30?,35?,40+/m0/s1. The summed E-state index contributed by atoms with van der Waals surface area (Å²) in [5, 5.41) is 59.5. The molecule has 6 atom stereocenters. The molecular formula is C40H45NO13. The van der Waals surface area contributed by atoms with Crippen LogP contribution in [-0.2, 0) is 30.3 Å².